The molecular formula is C13H11N3O. The summed E-state index contributed by atoms with van der Waals surface area (Å²) in [5.74, 6) is 1.59. The molecule has 17 heavy (non-hydrogen) atoms. The Morgan fingerprint density at radius 3 is 3.06 bits per heavy atom. The van der Waals surface area contributed by atoms with Crippen LogP contribution in [0.1, 0.15) is 24.5 Å². The maximum atomic E-state index is 5.53. The van der Waals surface area contributed by atoms with Crippen LogP contribution in [-0.4, -0.2) is 15.0 Å². The molecule has 0 aromatic carbocycles. The fourth-order valence-electron chi connectivity index (χ4n) is 2.26. The molecule has 0 atom stereocenters. The third-order valence-corrected chi connectivity index (χ3v) is 3.26. The first-order chi connectivity index (χ1) is 8.43. The van der Waals surface area contributed by atoms with Gasteiger partial charge in [-0.1, -0.05) is 0 Å². The van der Waals surface area contributed by atoms with Crippen LogP contribution >= 0.6 is 0 Å². The second kappa shape index (κ2) is 3.20. The van der Waals surface area contributed by atoms with E-state index in [-0.39, 0.29) is 0 Å². The van der Waals surface area contributed by atoms with E-state index in [1.807, 2.05) is 18.3 Å². The van der Waals surface area contributed by atoms with Crippen LogP contribution in [0, 0.1) is 0 Å². The van der Waals surface area contributed by atoms with Crippen LogP contribution in [-0.2, 0) is 0 Å². The van der Waals surface area contributed by atoms with Crippen molar-refractivity contribution in [2.45, 2.75) is 18.8 Å². The quantitative estimate of drug-likeness (QED) is 0.729. The van der Waals surface area contributed by atoms with Crippen molar-refractivity contribution < 1.29 is 4.42 Å². The van der Waals surface area contributed by atoms with Gasteiger partial charge in [0.15, 0.2) is 6.39 Å². The van der Waals surface area contributed by atoms with E-state index >= 15 is 0 Å². The van der Waals surface area contributed by atoms with Gasteiger partial charge in [0.25, 0.3) is 0 Å². The summed E-state index contributed by atoms with van der Waals surface area (Å²) >= 11 is 0. The molecule has 4 heteroatoms. The van der Waals surface area contributed by atoms with Gasteiger partial charge in [0.1, 0.15) is 17.1 Å². The topological polar surface area (TPSA) is 54.7 Å². The van der Waals surface area contributed by atoms with Crippen molar-refractivity contribution in [3.8, 4) is 11.3 Å². The molecule has 3 aromatic heterocycles. The number of nitrogens with zero attached hydrogens (tertiary/aromatic N) is 2. The molecule has 0 radical (unpaired) electrons. The van der Waals surface area contributed by atoms with Crippen LogP contribution in [0.4, 0.5) is 0 Å². The van der Waals surface area contributed by atoms with E-state index in [4.69, 9.17) is 4.42 Å². The van der Waals surface area contributed by atoms with Crippen LogP contribution in [0.15, 0.2) is 35.3 Å². The van der Waals surface area contributed by atoms with Gasteiger partial charge in [0.2, 0.25) is 0 Å². The van der Waals surface area contributed by atoms with Crippen LogP contribution in [0.5, 0.6) is 0 Å². The third-order valence-electron chi connectivity index (χ3n) is 3.26. The lowest BCUT2D eigenvalue weighted by Crippen LogP contribution is -1.86. The SMILES string of the molecule is c1cc(-c2ncoc2C2CC2)c2cc[nH]c2n1. The average Bonchev–Trinajstić information content (AvgIpc) is 2.92. The van der Waals surface area contributed by atoms with Gasteiger partial charge >= 0.3 is 0 Å². The summed E-state index contributed by atoms with van der Waals surface area (Å²) in [6.45, 7) is 0. The van der Waals surface area contributed by atoms with Crippen LogP contribution in [0.3, 0.4) is 0 Å². The first kappa shape index (κ1) is 8.98. The zero-order valence-electron chi connectivity index (χ0n) is 9.18. The van der Waals surface area contributed by atoms with Crippen molar-refractivity contribution in [2.24, 2.45) is 0 Å². The number of aromatic amines is 1. The zero-order valence-corrected chi connectivity index (χ0v) is 9.18. The maximum Gasteiger partial charge on any atom is 0.181 e. The minimum absolute atomic E-state index is 0.564. The van der Waals surface area contributed by atoms with E-state index < -0.39 is 0 Å². The molecule has 3 heterocycles. The first-order valence-corrected chi connectivity index (χ1v) is 5.79. The third kappa shape index (κ3) is 1.30. The summed E-state index contributed by atoms with van der Waals surface area (Å²) in [5.41, 5.74) is 2.97. The number of oxazole rings is 1. The lowest BCUT2D eigenvalue weighted by molar-refractivity contribution is 0.507. The Kier molecular flexibility index (Phi) is 1.69. The van der Waals surface area contributed by atoms with Crippen LogP contribution < -0.4 is 0 Å². The summed E-state index contributed by atoms with van der Waals surface area (Å²) in [7, 11) is 0. The molecule has 3 aromatic rings. The number of fused-ring (bicyclic) bond motifs is 1. The highest BCUT2D eigenvalue weighted by molar-refractivity contribution is 5.92. The molecule has 84 valence electrons. The normalized spacial score (nSPS) is 15.5. The summed E-state index contributed by atoms with van der Waals surface area (Å²) in [4.78, 5) is 11.8. The van der Waals surface area contributed by atoms with Crippen molar-refractivity contribution in [2.75, 3.05) is 0 Å². The van der Waals surface area contributed by atoms with Gasteiger partial charge < -0.3 is 9.40 Å². The molecule has 1 fully saturated rings. The molecule has 4 nitrogen and oxygen atoms in total. The largest absolute Gasteiger partial charge is 0.448 e. The van der Waals surface area contributed by atoms with E-state index in [0.717, 1.165) is 28.1 Å². The second-order valence-corrected chi connectivity index (χ2v) is 4.44. The highest BCUT2D eigenvalue weighted by Crippen LogP contribution is 2.44. The molecule has 4 rings (SSSR count). The number of hydrogen-bond donors (Lipinski definition) is 1. The Bertz CT molecular complexity index is 679. The van der Waals surface area contributed by atoms with Gasteiger partial charge in [0.05, 0.1) is 0 Å². The minimum atomic E-state index is 0.564. The Balaban J connectivity index is 1.98. The number of pyridine rings is 1. The van der Waals surface area contributed by atoms with Crippen LogP contribution in [0.2, 0.25) is 0 Å². The number of rotatable bonds is 2. The predicted octanol–water partition coefficient (Wildman–Crippen LogP) is 3.10. The lowest BCUT2D eigenvalue weighted by atomic mass is 10.1. The molecule has 1 N–H and O–H groups in total. The zero-order chi connectivity index (χ0) is 11.2. The van der Waals surface area contributed by atoms with Gasteiger partial charge in [-0.3, -0.25) is 0 Å². The maximum absolute atomic E-state index is 5.53. The summed E-state index contributed by atoms with van der Waals surface area (Å²) in [5, 5.41) is 1.10. The van der Waals surface area contributed by atoms with Crippen molar-refractivity contribution in [1.82, 2.24) is 15.0 Å². The Morgan fingerprint density at radius 1 is 1.24 bits per heavy atom. The molecule has 0 spiro atoms. The standard InChI is InChI=1S/C13H11N3O/c1-2-8(1)12-11(16-7-17-12)9-3-5-14-13-10(9)4-6-15-13/h3-8H,1-2H2,(H,14,15). The first-order valence-electron chi connectivity index (χ1n) is 5.79. The molecule has 1 aliphatic carbocycles. The van der Waals surface area contributed by atoms with Crippen molar-refractivity contribution in [1.29, 1.82) is 0 Å². The molecular weight excluding hydrogens is 214 g/mol. The van der Waals surface area contributed by atoms with Gasteiger partial charge in [-0.2, -0.15) is 0 Å². The monoisotopic (exact) mass is 225 g/mol. The van der Waals surface area contributed by atoms with E-state index in [9.17, 15) is 0 Å². The lowest BCUT2D eigenvalue weighted by Gasteiger charge is -2.01. The predicted molar refractivity (Wildman–Crippen MR) is 63.6 cm³/mol. The Morgan fingerprint density at radius 2 is 2.18 bits per heavy atom. The summed E-state index contributed by atoms with van der Waals surface area (Å²) in [6, 6.07) is 4.03. The highest BCUT2D eigenvalue weighted by atomic mass is 16.3. The second-order valence-electron chi connectivity index (χ2n) is 4.44. The van der Waals surface area contributed by atoms with Crippen molar-refractivity contribution >= 4 is 11.0 Å². The highest BCUT2D eigenvalue weighted by Gasteiger charge is 2.30. The summed E-state index contributed by atoms with van der Waals surface area (Å²) in [6.07, 6.45) is 7.67. The van der Waals surface area contributed by atoms with Gasteiger partial charge in [-0.05, 0) is 25.0 Å². The van der Waals surface area contributed by atoms with E-state index in [0.29, 0.717) is 5.92 Å². The number of hydrogen-bond acceptors (Lipinski definition) is 3. The Labute approximate surface area is 97.7 Å². The van der Waals surface area contributed by atoms with Gasteiger partial charge in [-0.25, -0.2) is 9.97 Å². The van der Waals surface area contributed by atoms with Gasteiger partial charge in [0, 0.05) is 29.3 Å². The fraction of sp³-hybridized carbons (Fsp3) is 0.231. The van der Waals surface area contributed by atoms with E-state index in [2.05, 4.69) is 15.0 Å². The molecule has 0 saturated heterocycles. The van der Waals surface area contributed by atoms with E-state index in [1.165, 1.54) is 12.8 Å². The fourth-order valence-corrected chi connectivity index (χ4v) is 2.26. The number of aromatic nitrogens is 3. The molecule has 1 aliphatic rings. The van der Waals surface area contributed by atoms with Crippen molar-refractivity contribution in [3.63, 3.8) is 0 Å². The Hall–Kier alpha value is -2.10. The molecule has 0 amide bonds. The van der Waals surface area contributed by atoms with E-state index in [1.54, 1.807) is 12.6 Å². The van der Waals surface area contributed by atoms with Crippen LogP contribution in [0.25, 0.3) is 22.3 Å². The molecule has 0 unspecified atom stereocenters. The number of H-pyrrole nitrogens is 1. The number of nitrogens with one attached hydrogen (secondary N) is 1. The smallest absolute Gasteiger partial charge is 0.181 e. The van der Waals surface area contributed by atoms with Gasteiger partial charge in [-0.15, -0.1) is 0 Å². The molecule has 0 bridgehead atoms. The average molecular weight is 225 g/mol. The minimum Gasteiger partial charge on any atom is -0.448 e. The summed E-state index contributed by atoms with van der Waals surface area (Å²) < 4.78 is 5.53. The molecule has 0 aliphatic heterocycles. The molecule has 1 saturated carbocycles. The van der Waals surface area contributed by atoms with Crippen molar-refractivity contribution in [3.05, 3.63) is 36.7 Å².